The first-order chi connectivity index (χ1) is 8.39. The van der Waals surface area contributed by atoms with E-state index in [1.807, 2.05) is 11.7 Å². The highest BCUT2D eigenvalue weighted by atomic mass is 32.1. The highest BCUT2D eigenvalue weighted by Gasteiger charge is 2.34. The number of aliphatic hydroxyl groups is 1. The molecule has 18 heavy (non-hydrogen) atoms. The number of aromatic nitrogens is 1. The van der Waals surface area contributed by atoms with Crippen LogP contribution in [0.1, 0.15) is 57.8 Å². The number of hydrogen-bond acceptors (Lipinski definition) is 3. The van der Waals surface area contributed by atoms with Crippen LogP contribution in [-0.2, 0) is 6.42 Å². The predicted molar refractivity (Wildman–Crippen MR) is 76.8 cm³/mol. The molecule has 2 atom stereocenters. The van der Waals surface area contributed by atoms with Gasteiger partial charge in [-0.2, -0.15) is 0 Å². The van der Waals surface area contributed by atoms with Gasteiger partial charge in [0.25, 0.3) is 0 Å². The summed E-state index contributed by atoms with van der Waals surface area (Å²) in [6, 6.07) is 0. The summed E-state index contributed by atoms with van der Waals surface area (Å²) in [6.07, 6.45) is 8.12. The SMILES string of the molecule is CC(C)(C)C1CCCC(O)(Cc2cncs2)CC1. The van der Waals surface area contributed by atoms with Gasteiger partial charge in [-0.15, -0.1) is 11.3 Å². The van der Waals surface area contributed by atoms with Crippen molar-refractivity contribution in [2.45, 2.75) is 64.9 Å². The molecule has 0 saturated heterocycles. The first-order valence-corrected chi connectivity index (χ1v) is 7.87. The van der Waals surface area contributed by atoms with E-state index < -0.39 is 5.60 Å². The van der Waals surface area contributed by atoms with Crippen molar-refractivity contribution in [3.8, 4) is 0 Å². The summed E-state index contributed by atoms with van der Waals surface area (Å²) in [5, 5.41) is 10.8. The third-order valence-corrected chi connectivity index (χ3v) is 5.14. The molecule has 1 fully saturated rings. The summed E-state index contributed by atoms with van der Waals surface area (Å²) in [6.45, 7) is 6.97. The molecule has 0 spiro atoms. The third kappa shape index (κ3) is 3.55. The first-order valence-electron chi connectivity index (χ1n) is 6.99. The van der Waals surface area contributed by atoms with Crippen molar-refractivity contribution in [2.75, 3.05) is 0 Å². The Balaban J connectivity index is 1.99. The van der Waals surface area contributed by atoms with Crippen molar-refractivity contribution < 1.29 is 5.11 Å². The lowest BCUT2D eigenvalue weighted by Crippen LogP contribution is -2.30. The molecule has 1 N–H and O–H groups in total. The van der Waals surface area contributed by atoms with Crippen LogP contribution in [0.4, 0.5) is 0 Å². The molecule has 2 unspecified atom stereocenters. The van der Waals surface area contributed by atoms with Crippen molar-refractivity contribution in [1.29, 1.82) is 0 Å². The van der Waals surface area contributed by atoms with Gasteiger partial charge >= 0.3 is 0 Å². The minimum Gasteiger partial charge on any atom is -0.390 e. The molecule has 0 aliphatic heterocycles. The molecule has 2 rings (SSSR count). The molecule has 2 nitrogen and oxygen atoms in total. The second-order valence-electron chi connectivity index (χ2n) is 6.86. The van der Waals surface area contributed by atoms with Gasteiger partial charge in [0.05, 0.1) is 11.1 Å². The molecule has 0 radical (unpaired) electrons. The Morgan fingerprint density at radius 3 is 2.78 bits per heavy atom. The van der Waals surface area contributed by atoms with Crippen molar-refractivity contribution in [3.05, 3.63) is 16.6 Å². The summed E-state index contributed by atoms with van der Waals surface area (Å²) in [7, 11) is 0. The van der Waals surface area contributed by atoms with Gasteiger partial charge in [0.1, 0.15) is 0 Å². The standard InChI is InChI=1S/C15H25NOS/c1-14(2,3)12-5-4-7-15(17,8-6-12)9-13-10-16-11-18-13/h10-12,17H,4-9H2,1-3H3. The van der Waals surface area contributed by atoms with E-state index in [4.69, 9.17) is 0 Å². The van der Waals surface area contributed by atoms with Crippen LogP contribution >= 0.6 is 11.3 Å². The second-order valence-corrected chi connectivity index (χ2v) is 7.83. The van der Waals surface area contributed by atoms with Gasteiger partial charge in [0.2, 0.25) is 0 Å². The van der Waals surface area contributed by atoms with Crippen LogP contribution in [0.3, 0.4) is 0 Å². The molecule has 0 amide bonds. The first kappa shape index (κ1) is 14.0. The normalized spacial score (nSPS) is 30.1. The Bertz CT molecular complexity index is 368. The summed E-state index contributed by atoms with van der Waals surface area (Å²) >= 11 is 1.66. The van der Waals surface area contributed by atoms with Gasteiger partial charge < -0.3 is 5.11 Å². The number of thiazole rings is 1. The topological polar surface area (TPSA) is 33.1 Å². The maximum atomic E-state index is 10.8. The van der Waals surface area contributed by atoms with Gasteiger partial charge in [-0.3, -0.25) is 4.98 Å². The minimum atomic E-state index is -0.494. The van der Waals surface area contributed by atoms with Crippen molar-refractivity contribution in [3.63, 3.8) is 0 Å². The molecule has 1 aliphatic rings. The van der Waals surface area contributed by atoms with E-state index in [0.717, 1.165) is 38.0 Å². The van der Waals surface area contributed by atoms with Crippen molar-refractivity contribution >= 4 is 11.3 Å². The van der Waals surface area contributed by atoms with E-state index >= 15 is 0 Å². The Morgan fingerprint density at radius 1 is 1.39 bits per heavy atom. The molecular formula is C15H25NOS. The quantitative estimate of drug-likeness (QED) is 0.820. The van der Waals surface area contributed by atoms with E-state index in [2.05, 4.69) is 25.8 Å². The van der Waals surface area contributed by atoms with Gasteiger partial charge in [-0.05, 0) is 37.0 Å². The van der Waals surface area contributed by atoms with Crippen LogP contribution in [0, 0.1) is 11.3 Å². The van der Waals surface area contributed by atoms with Gasteiger partial charge in [0.15, 0.2) is 0 Å². The Kier molecular flexibility index (Phi) is 4.12. The summed E-state index contributed by atoms with van der Waals surface area (Å²) in [5.41, 5.74) is 1.73. The average molecular weight is 267 g/mol. The van der Waals surface area contributed by atoms with Crippen LogP contribution in [0.2, 0.25) is 0 Å². The zero-order valence-corrected chi connectivity index (χ0v) is 12.6. The molecule has 1 aromatic rings. The molecule has 1 saturated carbocycles. The zero-order valence-electron chi connectivity index (χ0n) is 11.8. The molecular weight excluding hydrogens is 242 g/mol. The monoisotopic (exact) mass is 267 g/mol. The lowest BCUT2D eigenvalue weighted by atomic mass is 9.76. The van der Waals surface area contributed by atoms with Crippen LogP contribution in [0.25, 0.3) is 0 Å². The predicted octanol–water partition coefficient (Wildman–Crippen LogP) is 4.04. The van der Waals surface area contributed by atoms with Gasteiger partial charge in [-0.25, -0.2) is 0 Å². The van der Waals surface area contributed by atoms with Crippen LogP contribution in [-0.4, -0.2) is 15.7 Å². The van der Waals surface area contributed by atoms with Crippen LogP contribution < -0.4 is 0 Å². The van der Waals surface area contributed by atoms with Crippen LogP contribution in [0.15, 0.2) is 11.7 Å². The Hall–Kier alpha value is -0.410. The fourth-order valence-electron chi connectivity index (χ4n) is 3.09. The molecule has 1 aromatic heterocycles. The largest absolute Gasteiger partial charge is 0.390 e. The smallest absolute Gasteiger partial charge is 0.0794 e. The maximum Gasteiger partial charge on any atom is 0.0794 e. The van der Waals surface area contributed by atoms with E-state index in [-0.39, 0.29) is 0 Å². The van der Waals surface area contributed by atoms with E-state index in [1.54, 1.807) is 11.3 Å². The number of hydrogen-bond donors (Lipinski definition) is 1. The maximum absolute atomic E-state index is 10.8. The molecule has 102 valence electrons. The summed E-state index contributed by atoms with van der Waals surface area (Å²) in [4.78, 5) is 5.32. The molecule has 1 heterocycles. The van der Waals surface area contributed by atoms with Gasteiger partial charge in [0, 0.05) is 17.5 Å². The molecule has 1 aliphatic carbocycles. The van der Waals surface area contributed by atoms with Gasteiger partial charge in [-0.1, -0.05) is 27.2 Å². The Labute approximate surface area is 114 Å². The average Bonchev–Trinajstić information content (AvgIpc) is 2.65. The van der Waals surface area contributed by atoms with E-state index in [0.29, 0.717) is 5.41 Å². The molecule has 0 aromatic carbocycles. The molecule has 0 bridgehead atoms. The third-order valence-electron chi connectivity index (χ3n) is 4.36. The number of rotatable bonds is 2. The lowest BCUT2D eigenvalue weighted by molar-refractivity contribution is 0.0232. The zero-order chi connectivity index (χ0) is 13.2. The van der Waals surface area contributed by atoms with Crippen molar-refractivity contribution in [1.82, 2.24) is 4.98 Å². The summed E-state index contributed by atoms with van der Waals surface area (Å²) in [5.74, 6) is 0.744. The second kappa shape index (κ2) is 5.30. The highest BCUT2D eigenvalue weighted by Crippen LogP contribution is 2.40. The van der Waals surface area contributed by atoms with Crippen LogP contribution in [0.5, 0.6) is 0 Å². The fourth-order valence-corrected chi connectivity index (χ4v) is 3.82. The Morgan fingerprint density at radius 2 is 2.17 bits per heavy atom. The fraction of sp³-hybridized carbons (Fsp3) is 0.800. The lowest BCUT2D eigenvalue weighted by Gasteiger charge is -2.30. The highest BCUT2D eigenvalue weighted by molar-refractivity contribution is 7.09. The number of nitrogens with zero attached hydrogens (tertiary/aromatic N) is 1. The van der Waals surface area contributed by atoms with E-state index in [9.17, 15) is 5.11 Å². The summed E-state index contributed by atoms with van der Waals surface area (Å²) < 4.78 is 0. The minimum absolute atomic E-state index is 0.371. The molecule has 3 heteroatoms. The van der Waals surface area contributed by atoms with E-state index in [1.165, 1.54) is 11.3 Å². The van der Waals surface area contributed by atoms with Crippen molar-refractivity contribution in [2.24, 2.45) is 11.3 Å².